The largest absolute Gasteiger partial charge is 0.332 e. The molecule has 0 atom stereocenters. The van der Waals surface area contributed by atoms with Gasteiger partial charge in [0.25, 0.3) is 5.89 Å². The number of hydrogen-bond donors (Lipinski definition) is 0. The molecule has 6 nitrogen and oxygen atoms in total. The van der Waals surface area contributed by atoms with Crippen molar-refractivity contribution in [3.05, 3.63) is 77.2 Å². The molecule has 0 fully saturated rings. The minimum absolute atomic E-state index is 0.143. The molecular weight excluding hydrogens is 340 g/mol. The third kappa shape index (κ3) is 3.34. The summed E-state index contributed by atoms with van der Waals surface area (Å²) in [5.74, 6) is -0.806. The van der Waals surface area contributed by atoms with Gasteiger partial charge in [-0.3, -0.25) is 0 Å². The lowest BCUT2D eigenvalue weighted by atomic mass is 10.1. The van der Waals surface area contributed by atoms with E-state index in [0.717, 1.165) is 17.3 Å². The zero-order chi connectivity index (χ0) is 18.1. The van der Waals surface area contributed by atoms with E-state index >= 15 is 0 Å². The van der Waals surface area contributed by atoms with Gasteiger partial charge in [0, 0.05) is 12.5 Å². The molecule has 0 saturated carbocycles. The van der Waals surface area contributed by atoms with Gasteiger partial charge in [-0.15, -0.1) is 5.10 Å². The lowest BCUT2D eigenvalue weighted by Gasteiger charge is -1.99. The van der Waals surface area contributed by atoms with E-state index < -0.39 is 11.6 Å². The Hall–Kier alpha value is -3.42. The lowest BCUT2D eigenvalue weighted by molar-refractivity contribution is 0.422. The maximum atomic E-state index is 13.3. The molecule has 2 aromatic carbocycles. The van der Waals surface area contributed by atoms with Crippen molar-refractivity contribution in [1.29, 1.82) is 0 Å². The Morgan fingerprint density at radius 3 is 2.50 bits per heavy atom. The van der Waals surface area contributed by atoms with Gasteiger partial charge in [-0.25, -0.2) is 13.5 Å². The minimum Gasteiger partial charge on any atom is -0.332 e. The first-order valence-electron chi connectivity index (χ1n) is 7.84. The highest BCUT2D eigenvalue weighted by Crippen LogP contribution is 2.18. The molecule has 0 saturated heterocycles. The van der Waals surface area contributed by atoms with Crippen LogP contribution in [0.4, 0.5) is 8.78 Å². The maximum absolute atomic E-state index is 13.3. The van der Waals surface area contributed by atoms with Gasteiger partial charge < -0.3 is 4.52 Å². The van der Waals surface area contributed by atoms with E-state index in [0.29, 0.717) is 17.1 Å². The molecule has 0 aliphatic carbocycles. The maximum Gasteiger partial charge on any atom is 0.280 e. The first-order chi connectivity index (χ1) is 12.6. The van der Waals surface area contributed by atoms with Crippen molar-refractivity contribution < 1.29 is 13.3 Å². The second kappa shape index (κ2) is 6.47. The van der Waals surface area contributed by atoms with Crippen molar-refractivity contribution >= 4 is 0 Å². The first kappa shape index (κ1) is 16.1. The molecule has 0 N–H and O–H groups in total. The van der Waals surface area contributed by atoms with Crippen LogP contribution in [0.3, 0.4) is 0 Å². The number of aryl methyl sites for hydroxylation is 1. The Morgan fingerprint density at radius 2 is 1.77 bits per heavy atom. The van der Waals surface area contributed by atoms with Crippen molar-refractivity contribution in [3.63, 3.8) is 0 Å². The summed E-state index contributed by atoms with van der Waals surface area (Å²) in [7, 11) is 0. The molecule has 0 unspecified atom stereocenters. The SMILES string of the molecule is Cc1ccc(-n2cc(-c3nc(Cc4cc(F)cc(F)c4)no3)nn2)cc1. The summed E-state index contributed by atoms with van der Waals surface area (Å²) in [5.41, 5.74) is 2.82. The standard InChI is InChI=1S/C18H13F2N5O/c1-11-2-4-15(5-3-11)25-10-16(22-24-25)18-21-17(23-26-18)8-12-6-13(19)9-14(20)7-12/h2-7,9-10H,8H2,1H3. The fourth-order valence-corrected chi connectivity index (χ4v) is 2.51. The van der Waals surface area contributed by atoms with Crippen LogP contribution in [0.2, 0.25) is 0 Å². The highest BCUT2D eigenvalue weighted by atomic mass is 19.1. The predicted octanol–water partition coefficient (Wildman–Crippen LogP) is 3.49. The fraction of sp³-hybridized carbons (Fsp3) is 0.111. The Bertz CT molecular complexity index is 1040. The van der Waals surface area contributed by atoms with Crippen molar-refractivity contribution in [2.24, 2.45) is 0 Å². The average Bonchev–Trinajstić information content (AvgIpc) is 3.24. The van der Waals surface area contributed by atoms with E-state index in [1.165, 1.54) is 12.1 Å². The van der Waals surface area contributed by atoms with E-state index in [2.05, 4.69) is 20.5 Å². The smallest absolute Gasteiger partial charge is 0.280 e. The second-order valence-electron chi connectivity index (χ2n) is 5.85. The van der Waals surface area contributed by atoms with Crippen LogP contribution < -0.4 is 0 Å². The van der Waals surface area contributed by atoms with E-state index in [1.807, 2.05) is 31.2 Å². The van der Waals surface area contributed by atoms with Gasteiger partial charge in [0.1, 0.15) is 11.6 Å². The molecule has 2 aromatic heterocycles. The Labute approximate surface area is 147 Å². The highest BCUT2D eigenvalue weighted by Gasteiger charge is 2.14. The third-order valence-electron chi connectivity index (χ3n) is 3.76. The molecule has 2 heterocycles. The molecule has 0 amide bonds. The number of rotatable bonds is 4. The fourth-order valence-electron chi connectivity index (χ4n) is 2.51. The van der Waals surface area contributed by atoms with E-state index in [4.69, 9.17) is 4.52 Å². The first-order valence-corrected chi connectivity index (χ1v) is 7.84. The zero-order valence-corrected chi connectivity index (χ0v) is 13.7. The van der Waals surface area contributed by atoms with Crippen molar-refractivity contribution in [2.75, 3.05) is 0 Å². The van der Waals surface area contributed by atoms with Crippen molar-refractivity contribution in [1.82, 2.24) is 25.1 Å². The van der Waals surface area contributed by atoms with E-state index in [-0.39, 0.29) is 12.3 Å². The molecule has 0 bridgehead atoms. The summed E-state index contributed by atoms with van der Waals surface area (Å²) < 4.78 is 33.3. The van der Waals surface area contributed by atoms with Crippen LogP contribution in [0.1, 0.15) is 17.0 Å². The summed E-state index contributed by atoms with van der Waals surface area (Å²) in [6, 6.07) is 11.1. The number of hydrogen-bond acceptors (Lipinski definition) is 5. The van der Waals surface area contributed by atoms with Crippen LogP contribution in [0.25, 0.3) is 17.3 Å². The van der Waals surface area contributed by atoms with Crippen LogP contribution >= 0.6 is 0 Å². The monoisotopic (exact) mass is 353 g/mol. The number of benzene rings is 2. The molecule has 4 rings (SSSR count). The summed E-state index contributed by atoms with van der Waals surface area (Å²) >= 11 is 0. The van der Waals surface area contributed by atoms with Crippen molar-refractivity contribution in [3.8, 4) is 17.3 Å². The normalized spacial score (nSPS) is 11.0. The van der Waals surface area contributed by atoms with Gasteiger partial charge in [-0.2, -0.15) is 4.98 Å². The number of nitrogens with zero attached hydrogens (tertiary/aromatic N) is 5. The van der Waals surface area contributed by atoms with Crippen LogP contribution in [0.5, 0.6) is 0 Å². The molecule has 26 heavy (non-hydrogen) atoms. The van der Waals surface area contributed by atoms with Gasteiger partial charge in [-0.1, -0.05) is 28.1 Å². The average molecular weight is 353 g/mol. The number of aromatic nitrogens is 5. The highest BCUT2D eigenvalue weighted by molar-refractivity contribution is 5.46. The molecule has 8 heteroatoms. The Morgan fingerprint density at radius 1 is 1.04 bits per heavy atom. The van der Waals surface area contributed by atoms with Crippen LogP contribution in [-0.2, 0) is 6.42 Å². The molecule has 4 aromatic rings. The molecule has 130 valence electrons. The molecule has 0 aliphatic heterocycles. The van der Waals surface area contributed by atoms with Gasteiger partial charge in [0.05, 0.1) is 11.9 Å². The third-order valence-corrected chi connectivity index (χ3v) is 3.76. The van der Waals surface area contributed by atoms with Crippen LogP contribution in [0, 0.1) is 18.6 Å². The summed E-state index contributed by atoms with van der Waals surface area (Å²) in [6.07, 6.45) is 1.81. The Kier molecular flexibility index (Phi) is 4.00. The molecule has 0 spiro atoms. The van der Waals surface area contributed by atoms with E-state index in [9.17, 15) is 8.78 Å². The summed E-state index contributed by atoms with van der Waals surface area (Å²) in [6.45, 7) is 2.00. The van der Waals surface area contributed by atoms with Crippen molar-refractivity contribution in [2.45, 2.75) is 13.3 Å². The van der Waals surface area contributed by atoms with Gasteiger partial charge in [-0.05, 0) is 36.8 Å². The van der Waals surface area contributed by atoms with Gasteiger partial charge in [0.15, 0.2) is 11.5 Å². The van der Waals surface area contributed by atoms with Gasteiger partial charge >= 0.3 is 0 Å². The zero-order valence-electron chi connectivity index (χ0n) is 13.7. The van der Waals surface area contributed by atoms with E-state index in [1.54, 1.807) is 10.9 Å². The topological polar surface area (TPSA) is 69.6 Å². The summed E-state index contributed by atoms with van der Waals surface area (Å²) in [4.78, 5) is 4.22. The lowest BCUT2D eigenvalue weighted by Crippen LogP contribution is -1.94. The van der Waals surface area contributed by atoms with Gasteiger partial charge in [0.2, 0.25) is 0 Å². The number of halogens is 2. The quantitative estimate of drug-likeness (QED) is 0.562. The minimum atomic E-state index is -0.648. The molecule has 0 aliphatic rings. The second-order valence-corrected chi connectivity index (χ2v) is 5.85. The van der Waals surface area contributed by atoms with Crippen LogP contribution in [-0.4, -0.2) is 25.1 Å². The Balaban J connectivity index is 1.55. The van der Waals surface area contributed by atoms with Crippen LogP contribution in [0.15, 0.2) is 53.2 Å². The predicted molar refractivity (Wildman–Crippen MR) is 88.6 cm³/mol. The molecular formula is C18H13F2N5O. The summed E-state index contributed by atoms with van der Waals surface area (Å²) in [5, 5.41) is 11.9. The molecule has 0 radical (unpaired) electrons.